The number of halogens is 1. The molecule has 0 aliphatic carbocycles. The predicted molar refractivity (Wildman–Crippen MR) is 160 cm³/mol. The molecule has 2 aliphatic heterocycles. The Morgan fingerprint density at radius 3 is 2.57 bits per heavy atom. The van der Waals surface area contributed by atoms with E-state index in [2.05, 4.69) is 10.3 Å². The molecule has 4 atom stereocenters. The van der Waals surface area contributed by atoms with Gasteiger partial charge >= 0.3 is 5.97 Å². The van der Waals surface area contributed by atoms with Crippen molar-refractivity contribution in [3.63, 3.8) is 0 Å². The molecule has 12 nitrogen and oxygen atoms in total. The zero-order valence-electron chi connectivity index (χ0n) is 23.4. The number of hydrogen-bond acceptors (Lipinski definition) is 10. The van der Waals surface area contributed by atoms with E-state index in [-0.39, 0.29) is 35.2 Å². The van der Waals surface area contributed by atoms with Gasteiger partial charge in [-0.25, -0.2) is 4.98 Å². The number of carbonyl (C=O) groups excluding carboxylic acids is 2. The van der Waals surface area contributed by atoms with Crippen molar-refractivity contribution in [2.24, 2.45) is 11.8 Å². The van der Waals surface area contributed by atoms with Crippen LogP contribution in [0.15, 0.2) is 57.4 Å². The number of likely N-dealkylation sites (tertiary alicyclic amines) is 1. The number of benzene rings is 2. The van der Waals surface area contributed by atoms with Crippen LogP contribution in [-0.2, 0) is 27.2 Å². The summed E-state index contributed by atoms with van der Waals surface area (Å²) in [5.41, 5.74) is 1.03. The van der Waals surface area contributed by atoms with Crippen molar-refractivity contribution in [3.05, 3.63) is 101 Å². The van der Waals surface area contributed by atoms with E-state index in [1.54, 1.807) is 18.5 Å². The Bertz CT molecular complexity index is 1920. The molecule has 2 amide bonds. The van der Waals surface area contributed by atoms with Crippen molar-refractivity contribution in [1.29, 1.82) is 0 Å². The van der Waals surface area contributed by atoms with Gasteiger partial charge in [0.1, 0.15) is 11.1 Å². The zero-order valence-corrected chi connectivity index (χ0v) is 25.0. The molecule has 0 bridgehead atoms. The Kier molecular flexibility index (Phi) is 7.34. The van der Waals surface area contributed by atoms with Crippen LogP contribution in [0.3, 0.4) is 0 Å². The van der Waals surface area contributed by atoms with Crippen LogP contribution in [-0.4, -0.2) is 49.8 Å². The van der Waals surface area contributed by atoms with E-state index in [4.69, 9.17) is 16.0 Å². The summed E-state index contributed by atoms with van der Waals surface area (Å²) in [6.07, 6.45) is 1.24. The molecule has 0 saturated carbocycles. The molecule has 226 valence electrons. The number of nitrogens with zero attached hydrogens (tertiary/aromatic N) is 3. The third-order valence-corrected chi connectivity index (χ3v) is 9.98. The molecule has 4 heterocycles. The number of thiazole rings is 1. The maximum absolute atomic E-state index is 14.0. The van der Waals surface area contributed by atoms with E-state index in [9.17, 15) is 34.4 Å². The van der Waals surface area contributed by atoms with Gasteiger partial charge in [0.05, 0.1) is 51.2 Å². The van der Waals surface area contributed by atoms with Crippen LogP contribution < -0.4 is 10.7 Å². The fourth-order valence-corrected chi connectivity index (χ4v) is 7.24. The summed E-state index contributed by atoms with van der Waals surface area (Å²) in [6, 6.07) is 7.17. The second kappa shape index (κ2) is 10.9. The maximum Gasteiger partial charge on any atom is 0.325 e. The molecule has 14 heteroatoms. The van der Waals surface area contributed by atoms with Gasteiger partial charge in [-0.15, -0.1) is 11.3 Å². The highest BCUT2D eigenvalue weighted by atomic mass is 35.5. The van der Waals surface area contributed by atoms with Crippen LogP contribution >= 0.6 is 22.9 Å². The summed E-state index contributed by atoms with van der Waals surface area (Å²) in [5, 5.41) is 25.4. The Balaban J connectivity index is 1.46. The van der Waals surface area contributed by atoms with Crippen molar-refractivity contribution in [2.75, 3.05) is 6.54 Å². The summed E-state index contributed by atoms with van der Waals surface area (Å²) in [6.45, 7) is 3.58. The summed E-state index contributed by atoms with van der Waals surface area (Å²) >= 11 is 7.68. The first kappa shape index (κ1) is 29.6. The highest BCUT2D eigenvalue weighted by Crippen LogP contribution is 2.50. The number of nitrogens with one attached hydrogen (secondary N) is 1. The molecular weight excluding hydrogens is 612 g/mol. The molecule has 2 N–H and O–H groups in total. The summed E-state index contributed by atoms with van der Waals surface area (Å²) in [7, 11) is 0. The van der Waals surface area contributed by atoms with Crippen molar-refractivity contribution in [1.82, 2.24) is 15.2 Å². The van der Waals surface area contributed by atoms with E-state index in [0.29, 0.717) is 22.6 Å². The average molecular weight is 637 g/mol. The van der Waals surface area contributed by atoms with E-state index in [1.807, 2.05) is 6.92 Å². The van der Waals surface area contributed by atoms with E-state index in [0.717, 1.165) is 15.5 Å². The smallest absolute Gasteiger partial charge is 0.325 e. The number of imide groups is 1. The van der Waals surface area contributed by atoms with Gasteiger partial charge in [-0.3, -0.25) is 39.5 Å². The van der Waals surface area contributed by atoms with Crippen LogP contribution in [0.5, 0.6) is 0 Å². The molecule has 2 aromatic carbocycles. The topological polar surface area (TPSA) is 173 Å². The number of aliphatic carboxylic acids is 1. The number of amides is 2. The highest BCUT2D eigenvalue weighted by Gasteiger charge is 2.68. The Hall–Kier alpha value is -4.46. The molecule has 2 saturated heterocycles. The average Bonchev–Trinajstić information content (AvgIpc) is 3.62. The largest absolute Gasteiger partial charge is 0.480 e. The molecule has 2 fully saturated rings. The monoisotopic (exact) mass is 636 g/mol. The van der Waals surface area contributed by atoms with Gasteiger partial charge in [-0.1, -0.05) is 23.7 Å². The quantitative estimate of drug-likeness (QED) is 0.164. The number of non-ortho nitro benzene ring substituents is 1. The van der Waals surface area contributed by atoms with Crippen molar-refractivity contribution < 1.29 is 28.8 Å². The number of nitro benzene ring substituents is 1. The third-order valence-electron chi connectivity index (χ3n) is 8.58. The Morgan fingerprint density at radius 1 is 1.20 bits per heavy atom. The number of aryl methyl sites for hydroxylation is 2. The lowest BCUT2D eigenvalue weighted by Gasteiger charge is -2.31. The molecular formula is C30H25ClN4O8S. The van der Waals surface area contributed by atoms with Crippen LogP contribution in [0.4, 0.5) is 5.69 Å². The number of aromatic nitrogens is 1. The first-order valence-electron chi connectivity index (χ1n) is 13.6. The number of carboxylic acid groups (broad SMARTS) is 1. The first-order valence-corrected chi connectivity index (χ1v) is 14.9. The van der Waals surface area contributed by atoms with Gasteiger partial charge in [-0.05, 0) is 37.1 Å². The van der Waals surface area contributed by atoms with Gasteiger partial charge in [0.15, 0.2) is 5.43 Å². The minimum Gasteiger partial charge on any atom is -0.480 e. The molecule has 0 spiro atoms. The number of nitro groups is 1. The second-order valence-corrected chi connectivity index (χ2v) is 12.4. The van der Waals surface area contributed by atoms with Crippen LogP contribution in [0.2, 0.25) is 5.02 Å². The van der Waals surface area contributed by atoms with Gasteiger partial charge in [0.25, 0.3) is 5.69 Å². The van der Waals surface area contributed by atoms with Crippen LogP contribution in [0.1, 0.15) is 33.3 Å². The standard InChI is InChI=1S/C30H25ClN4O8S/c1-14-9-21-18(10-20(14)31)26(36)19(12-43-21)25-23-24(28(38)34(27(23)37)8-7-22-15(2)32-13-44-22)30(33-25,29(39)40)11-16-3-5-17(6-4-16)35(41)42/h3-6,9-10,12-13,23-25,33H,7-8,11H2,1-2H3,(H,39,40). The lowest BCUT2D eigenvalue weighted by atomic mass is 9.76. The Morgan fingerprint density at radius 2 is 1.93 bits per heavy atom. The fourth-order valence-electron chi connectivity index (χ4n) is 6.30. The minimum absolute atomic E-state index is 0.00879. The summed E-state index contributed by atoms with van der Waals surface area (Å²) < 4.78 is 5.78. The fraction of sp³-hybridized carbons (Fsp3) is 0.300. The summed E-state index contributed by atoms with van der Waals surface area (Å²) in [4.78, 5) is 71.8. The van der Waals surface area contributed by atoms with Crippen LogP contribution in [0.25, 0.3) is 11.0 Å². The molecule has 4 unspecified atom stereocenters. The molecule has 44 heavy (non-hydrogen) atoms. The molecule has 0 radical (unpaired) electrons. The summed E-state index contributed by atoms with van der Waals surface area (Å²) in [5.74, 6) is -5.30. The van der Waals surface area contributed by atoms with E-state index in [1.165, 1.54) is 47.9 Å². The predicted octanol–water partition coefficient (Wildman–Crippen LogP) is 3.98. The number of hydrogen-bond donors (Lipinski definition) is 2. The minimum atomic E-state index is -2.03. The lowest BCUT2D eigenvalue weighted by molar-refractivity contribution is -0.384. The van der Waals surface area contributed by atoms with Gasteiger partial charge in [0.2, 0.25) is 11.8 Å². The van der Waals surface area contributed by atoms with E-state index < -0.39 is 51.6 Å². The molecule has 6 rings (SSSR count). The number of carboxylic acids is 1. The van der Waals surface area contributed by atoms with Gasteiger partial charge in [-0.2, -0.15) is 0 Å². The van der Waals surface area contributed by atoms with E-state index >= 15 is 0 Å². The van der Waals surface area contributed by atoms with Crippen molar-refractivity contribution in [2.45, 2.75) is 38.3 Å². The highest BCUT2D eigenvalue weighted by molar-refractivity contribution is 7.09. The SMILES string of the molecule is Cc1cc2occ(C3NC(Cc4ccc([N+](=O)[O-])cc4)(C(=O)O)C4C(=O)N(CCc5scnc5C)C(=O)C34)c(=O)c2cc1Cl. The maximum atomic E-state index is 14.0. The molecule has 2 aliphatic rings. The lowest BCUT2D eigenvalue weighted by Crippen LogP contribution is -2.57. The first-order chi connectivity index (χ1) is 20.9. The van der Waals surface area contributed by atoms with Crippen LogP contribution in [0, 0.1) is 35.8 Å². The molecule has 4 aromatic rings. The number of rotatable bonds is 8. The van der Waals surface area contributed by atoms with Crippen molar-refractivity contribution in [3.8, 4) is 0 Å². The van der Waals surface area contributed by atoms with Gasteiger partial charge < -0.3 is 9.52 Å². The Labute approximate surface area is 258 Å². The number of fused-ring (bicyclic) bond motifs is 2. The normalized spacial score (nSPS) is 23.0. The van der Waals surface area contributed by atoms with Crippen molar-refractivity contribution >= 4 is 57.4 Å². The van der Waals surface area contributed by atoms with Gasteiger partial charge in [0, 0.05) is 41.4 Å². The zero-order chi connectivity index (χ0) is 31.5. The number of carbonyl (C=O) groups is 3. The second-order valence-electron chi connectivity index (χ2n) is 11.1. The third kappa shape index (κ3) is 4.68. The molecule has 2 aromatic heterocycles.